The third-order valence-electron chi connectivity index (χ3n) is 2.89. The smallest absolute Gasteiger partial charge is 0.144 e. The minimum atomic E-state index is 0.199. The summed E-state index contributed by atoms with van der Waals surface area (Å²) in [6.45, 7) is 0.715. The lowest BCUT2D eigenvalue weighted by molar-refractivity contribution is 0.476. The summed E-state index contributed by atoms with van der Waals surface area (Å²) in [6.07, 6.45) is 3.85. The lowest BCUT2D eigenvalue weighted by atomic mass is 9.98. The average Bonchev–Trinajstić information content (AvgIpc) is 2.39. The van der Waals surface area contributed by atoms with Crippen molar-refractivity contribution in [3.63, 3.8) is 0 Å². The molecule has 2 heterocycles. The van der Waals surface area contributed by atoms with E-state index in [4.69, 9.17) is 7.85 Å². The molecular weight excluding hydrogens is 225 g/mol. The number of phenolic OH excluding ortho intramolecular Hbond substituents is 1. The molecule has 0 aliphatic carbocycles. The van der Waals surface area contributed by atoms with E-state index in [9.17, 15) is 5.11 Å². The highest BCUT2D eigenvalue weighted by Gasteiger charge is 2.12. The number of hydrogen-bond donors (Lipinski definition) is 2. The van der Waals surface area contributed by atoms with E-state index < -0.39 is 0 Å². The summed E-state index contributed by atoms with van der Waals surface area (Å²) in [4.78, 5) is 0. The lowest BCUT2D eigenvalue weighted by Crippen LogP contribution is -2.11. The van der Waals surface area contributed by atoms with Crippen LogP contribution in [0.1, 0.15) is 11.1 Å². The Hall–Kier alpha value is -2.30. The van der Waals surface area contributed by atoms with Gasteiger partial charge in [-0.05, 0) is 47.7 Å². The van der Waals surface area contributed by atoms with Gasteiger partial charge in [-0.1, -0.05) is 0 Å². The van der Waals surface area contributed by atoms with Crippen LogP contribution in [0.3, 0.4) is 0 Å². The zero-order valence-corrected chi connectivity index (χ0v) is 9.59. The molecule has 86 valence electrons. The summed E-state index contributed by atoms with van der Waals surface area (Å²) >= 11 is 0. The van der Waals surface area contributed by atoms with Crippen LogP contribution in [-0.4, -0.2) is 23.2 Å². The van der Waals surface area contributed by atoms with Crippen LogP contribution in [0.5, 0.6) is 5.75 Å². The maximum Gasteiger partial charge on any atom is 0.144 e. The third-order valence-corrected chi connectivity index (χ3v) is 2.89. The summed E-state index contributed by atoms with van der Waals surface area (Å²) in [5, 5.41) is 20.9. The Bertz CT molecular complexity index is 623. The predicted octanol–water partition coefficient (Wildman–Crippen LogP) is 0.717. The number of nitrogens with zero attached hydrogens (tertiary/aromatic N) is 2. The van der Waals surface area contributed by atoms with E-state index in [1.807, 2.05) is 18.3 Å². The van der Waals surface area contributed by atoms with Crippen LogP contribution < -0.4 is 10.9 Å². The maximum absolute atomic E-state index is 10.0. The Kier molecular flexibility index (Phi) is 2.52. The van der Waals surface area contributed by atoms with Crippen LogP contribution in [-0.2, 0) is 6.54 Å². The van der Waals surface area contributed by atoms with Crippen molar-refractivity contribution in [1.29, 1.82) is 0 Å². The number of nitrogens with one attached hydrogen (secondary N) is 1. The summed E-state index contributed by atoms with van der Waals surface area (Å²) in [5.74, 6) is 0.199. The van der Waals surface area contributed by atoms with E-state index in [0.717, 1.165) is 11.1 Å². The first-order chi connectivity index (χ1) is 8.74. The van der Waals surface area contributed by atoms with E-state index in [2.05, 4.69) is 15.5 Å². The second-order valence-corrected chi connectivity index (χ2v) is 4.13. The first kappa shape index (κ1) is 10.8. The molecule has 1 aromatic heterocycles. The van der Waals surface area contributed by atoms with Gasteiger partial charge in [0.1, 0.15) is 13.6 Å². The fourth-order valence-electron chi connectivity index (χ4n) is 1.97. The molecule has 1 aromatic carbocycles. The summed E-state index contributed by atoms with van der Waals surface area (Å²) < 4.78 is 0. The molecule has 0 atom stereocenters. The van der Waals surface area contributed by atoms with Crippen LogP contribution in [0.4, 0.5) is 0 Å². The number of hydrogen-bond acceptors (Lipinski definition) is 4. The minimum absolute atomic E-state index is 0.199. The van der Waals surface area contributed by atoms with E-state index >= 15 is 0 Å². The van der Waals surface area contributed by atoms with Gasteiger partial charge in [-0.3, -0.25) is 0 Å². The van der Waals surface area contributed by atoms with Gasteiger partial charge >= 0.3 is 0 Å². The Balaban J connectivity index is 2.13. The lowest BCUT2D eigenvalue weighted by Gasteiger charge is -2.14. The Morgan fingerprint density at radius 1 is 1.22 bits per heavy atom. The van der Waals surface area contributed by atoms with Crippen LogP contribution in [0.25, 0.3) is 17.3 Å². The number of aromatic hydroxyl groups is 1. The fraction of sp³-hybridized carbons (Fsp3) is 0.0769. The molecule has 18 heavy (non-hydrogen) atoms. The van der Waals surface area contributed by atoms with Crippen molar-refractivity contribution >= 4 is 19.5 Å². The molecule has 3 rings (SSSR count). The van der Waals surface area contributed by atoms with Crippen molar-refractivity contribution in [2.75, 3.05) is 0 Å². The number of phenols is 1. The van der Waals surface area contributed by atoms with E-state index in [-0.39, 0.29) is 5.75 Å². The van der Waals surface area contributed by atoms with E-state index in [0.29, 0.717) is 23.4 Å². The Morgan fingerprint density at radius 3 is 2.89 bits per heavy atom. The molecular formula is C13H10BN3O. The molecule has 0 spiro atoms. The summed E-state index contributed by atoms with van der Waals surface area (Å²) in [6, 6.07) is 7.06. The highest BCUT2D eigenvalue weighted by atomic mass is 16.3. The summed E-state index contributed by atoms with van der Waals surface area (Å²) in [5.41, 5.74) is 3.76. The Morgan fingerprint density at radius 2 is 2.11 bits per heavy atom. The van der Waals surface area contributed by atoms with Crippen LogP contribution in [0.15, 0.2) is 30.5 Å². The van der Waals surface area contributed by atoms with Gasteiger partial charge in [0.15, 0.2) is 0 Å². The zero-order valence-electron chi connectivity index (χ0n) is 9.59. The molecule has 4 nitrogen and oxygen atoms in total. The largest absolute Gasteiger partial charge is 0.507 e. The molecule has 2 N–H and O–H groups in total. The number of benzene rings is 1. The van der Waals surface area contributed by atoms with Gasteiger partial charge in [-0.15, -0.1) is 0 Å². The van der Waals surface area contributed by atoms with Gasteiger partial charge in [0.05, 0.1) is 5.69 Å². The van der Waals surface area contributed by atoms with Gasteiger partial charge in [0.2, 0.25) is 0 Å². The molecule has 2 aromatic rings. The van der Waals surface area contributed by atoms with Gasteiger partial charge < -0.3 is 10.4 Å². The first-order valence-electron chi connectivity index (χ1n) is 5.59. The van der Waals surface area contributed by atoms with E-state index in [1.165, 1.54) is 0 Å². The highest BCUT2D eigenvalue weighted by Crippen LogP contribution is 2.31. The molecule has 0 fully saturated rings. The quantitative estimate of drug-likeness (QED) is 0.715. The van der Waals surface area contributed by atoms with Crippen molar-refractivity contribution in [2.45, 2.75) is 6.54 Å². The molecule has 2 radical (unpaired) electrons. The minimum Gasteiger partial charge on any atom is -0.507 e. The molecule has 0 saturated heterocycles. The second-order valence-electron chi connectivity index (χ2n) is 4.13. The van der Waals surface area contributed by atoms with Crippen LogP contribution in [0.2, 0.25) is 0 Å². The van der Waals surface area contributed by atoms with Gasteiger partial charge in [0, 0.05) is 17.7 Å². The number of rotatable bonds is 1. The van der Waals surface area contributed by atoms with Gasteiger partial charge in [-0.25, -0.2) is 0 Å². The maximum atomic E-state index is 10.0. The van der Waals surface area contributed by atoms with Crippen LogP contribution >= 0.6 is 0 Å². The third kappa shape index (κ3) is 1.84. The second kappa shape index (κ2) is 4.18. The predicted molar refractivity (Wildman–Crippen MR) is 70.4 cm³/mol. The van der Waals surface area contributed by atoms with Gasteiger partial charge in [-0.2, -0.15) is 10.2 Å². The van der Waals surface area contributed by atoms with Crippen molar-refractivity contribution in [1.82, 2.24) is 15.5 Å². The van der Waals surface area contributed by atoms with Gasteiger partial charge in [0.25, 0.3) is 0 Å². The standard InChI is InChI=1S/C13H10BN3O/c14-13-2-1-11(16-17-13)10-5-8-3-4-15-7-9(8)6-12(10)18/h1-6,15,18H,7H2. The summed E-state index contributed by atoms with van der Waals surface area (Å²) in [7, 11) is 5.50. The normalized spacial score (nSPS) is 12.9. The highest BCUT2D eigenvalue weighted by molar-refractivity contribution is 6.30. The van der Waals surface area contributed by atoms with Crippen LogP contribution in [0, 0.1) is 0 Å². The fourth-order valence-corrected chi connectivity index (χ4v) is 1.97. The first-order valence-corrected chi connectivity index (χ1v) is 5.59. The molecule has 0 bridgehead atoms. The van der Waals surface area contributed by atoms with E-state index in [1.54, 1.807) is 18.2 Å². The molecule has 0 saturated carbocycles. The Labute approximate surface area is 106 Å². The molecule has 5 heteroatoms. The molecule has 0 amide bonds. The molecule has 1 aliphatic heterocycles. The number of aromatic nitrogens is 2. The topological polar surface area (TPSA) is 58.0 Å². The molecule has 0 unspecified atom stereocenters. The average molecular weight is 235 g/mol. The van der Waals surface area contributed by atoms with Crippen molar-refractivity contribution < 1.29 is 5.11 Å². The van der Waals surface area contributed by atoms with Crippen molar-refractivity contribution in [3.05, 3.63) is 41.6 Å². The molecule has 1 aliphatic rings. The monoisotopic (exact) mass is 235 g/mol. The SMILES string of the molecule is [B]c1ccc(-c2cc3c(cc2O)CNC=C3)nn1. The number of fused-ring (bicyclic) bond motifs is 1. The van der Waals surface area contributed by atoms with Crippen molar-refractivity contribution in [2.24, 2.45) is 0 Å². The van der Waals surface area contributed by atoms with Crippen molar-refractivity contribution in [3.8, 4) is 17.0 Å². The zero-order chi connectivity index (χ0) is 12.5.